The Hall–Kier alpha value is -1.50. The number of aliphatic carboxylic acids is 1. The second-order valence-corrected chi connectivity index (χ2v) is 8.74. The topological polar surface area (TPSA) is 171 Å². The summed E-state index contributed by atoms with van der Waals surface area (Å²) in [7, 11) is 0. The van der Waals surface area contributed by atoms with Gasteiger partial charge in [-0.2, -0.15) is 24.4 Å². The van der Waals surface area contributed by atoms with Crippen molar-refractivity contribution in [3.8, 4) is 0 Å². The number of nitrogens with one attached hydrogen (secondary N) is 3. The quantitative estimate of drug-likeness (QED) is 0.159. The van der Waals surface area contributed by atoms with Crippen LogP contribution in [0.3, 0.4) is 0 Å². The van der Waals surface area contributed by atoms with Crippen LogP contribution in [0.25, 0.3) is 0 Å². The monoisotopic (exact) mass is 466 g/mol. The fourth-order valence-corrected chi connectivity index (χ4v) is 3.21. The van der Waals surface area contributed by atoms with E-state index >= 15 is 0 Å². The first-order chi connectivity index (χ1) is 13.9. The van der Waals surface area contributed by atoms with Crippen LogP contribution < -0.4 is 21.7 Å². The maximum Gasteiger partial charge on any atom is 0.328 e. The van der Waals surface area contributed by atoms with E-state index in [2.05, 4.69) is 28.6 Å². The highest BCUT2D eigenvalue weighted by molar-refractivity contribution is 7.98. The van der Waals surface area contributed by atoms with Gasteiger partial charge in [0, 0.05) is 5.75 Å². The highest BCUT2D eigenvalue weighted by Gasteiger charge is 2.31. The summed E-state index contributed by atoms with van der Waals surface area (Å²) in [5.41, 5.74) is 5.86. The Balaban J connectivity index is 5.18. The van der Waals surface area contributed by atoms with E-state index in [0.717, 1.165) is 0 Å². The lowest BCUT2D eigenvalue weighted by Gasteiger charge is -2.25. The third-order valence-corrected chi connectivity index (χ3v) is 5.18. The average Bonchev–Trinajstić information content (AvgIpc) is 2.66. The lowest BCUT2D eigenvalue weighted by Crippen LogP contribution is -2.59. The van der Waals surface area contributed by atoms with Crippen LogP contribution in [0.2, 0.25) is 0 Å². The van der Waals surface area contributed by atoms with Gasteiger partial charge in [0.2, 0.25) is 17.7 Å². The van der Waals surface area contributed by atoms with Gasteiger partial charge in [-0.25, -0.2) is 4.79 Å². The van der Waals surface area contributed by atoms with Crippen molar-refractivity contribution in [1.29, 1.82) is 0 Å². The van der Waals surface area contributed by atoms with Crippen LogP contribution in [0.15, 0.2) is 0 Å². The second-order valence-electron chi connectivity index (χ2n) is 7.39. The number of thiol groups is 1. The summed E-state index contributed by atoms with van der Waals surface area (Å²) >= 11 is 5.59. The van der Waals surface area contributed by atoms with Crippen molar-refractivity contribution in [2.24, 2.45) is 11.7 Å². The average molecular weight is 467 g/mol. The molecule has 0 aliphatic carbocycles. The van der Waals surface area contributed by atoms with Crippen molar-refractivity contribution in [2.45, 2.75) is 63.9 Å². The molecule has 0 radical (unpaired) electrons. The number of hydrogen-bond acceptors (Lipinski definition) is 8. The molecule has 0 aromatic rings. The fourth-order valence-electron chi connectivity index (χ4n) is 2.47. The Bertz CT molecular complexity index is 591. The Kier molecular flexibility index (Phi) is 13.8. The molecule has 0 heterocycles. The number of carbonyl (C=O) groups excluding carboxylic acids is 3. The number of aliphatic hydroxyl groups excluding tert-OH is 1. The van der Waals surface area contributed by atoms with E-state index in [1.54, 1.807) is 11.8 Å². The summed E-state index contributed by atoms with van der Waals surface area (Å²) in [4.78, 5) is 48.6. The molecule has 0 saturated heterocycles. The highest BCUT2D eigenvalue weighted by Crippen LogP contribution is 2.07. The third kappa shape index (κ3) is 10.5. The maximum absolute atomic E-state index is 12.7. The van der Waals surface area contributed by atoms with Crippen molar-refractivity contribution in [3.63, 3.8) is 0 Å². The van der Waals surface area contributed by atoms with Gasteiger partial charge < -0.3 is 31.9 Å². The SMILES string of the molecule is CSCCC(N)C(=O)NC(CC(C)C)C(=O)NC(CS)C(=O)NC(C(=O)O)C(C)O. The zero-order valence-electron chi connectivity index (χ0n) is 17.8. The highest BCUT2D eigenvalue weighted by atomic mass is 32.2. The predicted molar refractivity (Wildman–Crippen MR) is 119 cm³/mol. The Morgan fingerprint density at radius 1 is 1.00 bits per heavy atom. The summed E-state index contributed by atoms with van der Waals surface area (Å²) < 4.78 is 0. The van der Waals surface area contributed by atoms with Gasteiger partial charge in [-0.05, 0) is 37.7 Å². The van der Waals surface area contributed by atoms with Crippen LogP contribution in [-0.4, -0.2) is 81.9 Å². The molecule has 0 aromatic carbocycles. The summed E-state index contributed by atoms with van der Waals surface area (Å²) in [6, 6.07) is -4.36. The molecule has 12 heteroatoms. The standard InChI is InChI=1S/C18H34N4O6S2/c1-9(2)7-12(20-15(24)11(19)5-6-30-4)16(25)21-13(8-29)17(26)22-14(10(3)23)18(27)28/h9-14,23,29H,5-8,19H2,1-4H3,(H,20,24)(H,21,25)(H,22,26)(H,27,28). The van der Waals surface area contributed by atoms with Crippen LogP contribution in [0.1, 0.15) is 33.6 Å². The molecule has 0 fully saturated rings. The molecule has 30 heavy (non-hydrogen) atoms. The molecule has 174 valence electrons. The second kappa shape index (κ2) is 14.5. The molecular weight excluding hydrogens is 432 g/mol. The number of carboxylic acids is 1. The van der Waals surface area contributed by atoms with E-state index in [4.69, 9.17) is 10.8 Å². The van der Waals surface area contributed by atoms with Crippen LogP contribution in [-0.2, 0) is 19.2 Å². The van der Waals surface area contributed by atoms with Gasteiger partial charge >= 0.3 is 5.97 Å². The van der Waals surface area contributed by atoms with Crippen molar-refractivity contribution in [2.75, 3.05) is 17.8 Å². The molecule has 10 nitrogen and oxygen atoms in total. The minimum atomic E-state index is -1.53. The minimum absolute atomic E-state index is 0.0679. The number of aliphatic hydroxyl groups is 1. The molecule has 0 rings (SSSR count). The summed E-state index contributed by atoms with van der Waals surface area (Å²) in [6.45, 7) is 4.98. The molecule has 7 N–H and O–H groups in total. The van der Waals surface area contributed by atoms with Gasteiger partial charge in [-0.3, -0.25) is 14.4 Å². The first-order valence-electron chi connectivity index (χ1n) is 9.61. The van der Waals surface area contributed by atoms with Crippen LogP contribution in [0, 0.1) is 5.92 Å². The third-order valence-electron chi connectivity index (χ3n) is 4.17. The molecule has 5 unspecified atom stereocenters. The van der Waals surface area contributed by atoms with E-state index in [1.165, 1.54) is 6.92 Å². The normalized spacial score (nSPS) is 16.1. The van der Waals surface area contributed by atoms with Gasteiger partial charge in [0.05, 0.1) is 12.1 Å². The molecule has 0 aliphatic heterocycles. The van der Waals surface area contributed by atoms with E-state index < -0.39 is 54.0 Å². The van der Waals surface area contributed by atoms with Gasteiger partial charge in [-0.1, -0.05) is 13.8 Å². The van der Waals surface area contributed by atoms with Crippen molar-refractivity contribution in [3.05, 3.63) is 0 Å². The number of hydrogen-bond donors (Lipinski definition) is 7. The summed E-state index contributed by atoms with van der Waals surface area (Å²) in [5, 5.41) is 25.9. The maximum atomic E-state index is 12.7. The fraction of sp³-hybridized carbons (Fsp3) is 0.778. The van der Waals surface area contributed by atoms with Crippen LogP contribution in [0.5, 0.6) is 0 Å². The van der Waals surface area contributed by atoms with Crippen LogP contribution in [0.4, 0.5) is 0 Å². The Morgan fingerprint density at radius 3 is 1.97 bits per heavy atom. The zero-order chi connectivity index (χ0) is 23.4. The van der Waals surface area contributed by atoms with Gasteiger partial charge in [-0.15, -0.1) is 0 Å². The van der Waals surface area contributed by atoms with Gasteiger partial charge in [0.25, 0.3) is 0 Å². The molecule has 0 saturated carbocycles. The smallest absolute Gasteiger partial charge is 0.328 e. The summed E-state index contributed by atoms with van der Waals surface area (Å²) in [6.07, 6.45) is 1.34. The zero-order valence-corrected chi connectivity index (χ0v) is 19.5. The van der Waals surface area contributed by atoms with Gasteiger partial charge in [0.1, 0.15) is 12.1 Å². The first kappa shape index (κ1) is 28.5. The number of carbonyl (C=O) groups is 4. The van der Waals surface area contributed by atoms with Crippen molar-refractivity contribution in [1.82, 2.24) is 16.0 Å². The first-order valence-corrected chi connectivity index (χ1v) is 11.6. The van der Waals surface area contributed by atoms with E-state index in [-0.39, 0.29) is 11.7 Å². The van der Waals surface area contributed by atoms with Crippen molar-refractivity contribution >= 4 is 48.1 Å². The molecule has 0 spiro atoms. The Morgan fingerprint density at radius 2 is 1.53 bits per heavy atom. The predicted octanol–water partition coefficient (Wildman–Crippen LogP) is -1.04. The minimum Gasteiger partial charge on any atom is -0.480 e. The Labute approximate surface area is 186 Å². The number of amides is 3. The molecular formula is C18H34N4O6S2. The summed E-state index contributed by atoms with van der Waals surface area (Å²) in [5.74, 6) is -2.63. The molecule has 5 atom stereocenters. The van der Waals surface area contributed by atoms with E-state index in [0.29, 0.717) is 18.6 Å². The van der Waals surface area contributed by atoms with E-state index in [9.17, 15) is 24.3 Å². The lowest BCUT2D eigenvalue weighted by atomic mass is 10.0. The van der Waals surface area contributed by atoms with E-state index in [1.807, 2.05) is 20.1 Å². The lowest BCUT2D eigenvalue weighted by molar-refractivity contribution is -0.145. The van der Waals surface area contributed by atoms with Crippen LogP contribution >= 0.6 is 24.4 Å². The molecule has 0 aliphatic rings. The van der Waals surface area contributed by atoms with Crippen molar-refractivity contribution < 1.29 is 29.4 Å². The molecule has 0 aromatic heterocycles. The number of thioether (sulfide) groups is 1. The number of rotatable bonds is 14. The molecule has 3 amide bonds. The molecule has 0 bridgehead atoms. The number of nitrogens with two attached hydrogens (primary N) is 1. The number of carboxylic acid groups (broad SMARTS) is 1. The van der Waals surface area contributed by atoms with Gasteiger partial charge in [0.15, 0.2) is 6.04 Å². The largest absolute Gasteiger partial charge is 0.480 e.